The van der Waals surface area contributed by atoms with Crippen molar-refractivity contribution in [2.45, 2.75) is 19.9 Å². The van der Waals surface area contributed by atoms with Crippen LogP contribution in [0, 0.1) is 0 Å². The normalized spacial score (nSPS) is 16.3. The molecule has 1 heterocycles. The number of nitrogens with one attached hydrogen (secondary N) is 1. The molecule has 7 heteroatoms. The van der Waals surface area contributed by atoms with E-state index in [0.717, 1.165) is 32.7 Å². The van der Waals surface area contributed by atoms with Crippen LogP contribution in [0.4, 0.5) is 0 Å². The van der Waals surface area contributed by atoms with Crippen LogP contribution in [0.5, 0.6) is 0 Å². The molecule has 0 aromatic heterocycles. The third kappa shape index (κ3) is 9.22. The maximum absolute atomic E-state index is 12.0. The number of ether oxygens (including phenoxy) is 3. The van der Waals surface area contributed by atoms with E-state index in [-0.39, 0.29) is 12.5 Å². The van der Waals surface area contributed by atoms with E-state index in [9.17, 15) is 4.79 Å². The highest BCUT2D eigenvalue weighted by molar-refractivity contribution is 5.77. The van der Waals surface area contributed by atoms with Crippen molar-refractivity contribution in [3.8, 4) is 0 Å². The van der Waals surface area contributed by atoms with Gasteiger partial charge in [-0.1, -0.05) is 0 Å². The first-order valence-electron chi connectivity index (χ1n) is 8.54. The van der Waals surface area contributed by atoms with E-state index in [2.05, 4.69) is 24.1 Å². The Hall–Kier alpha value is -0.730. The molecular formula is C16H33N3O4. The summed E-state index contributed by atoms with van der Waals surface area (Å²) in [7, 11) is 1.89. The Morgan fingerprint density at radius 2 is 1.52 bits per heavy atom. The van der Waals surface area contributed by atoms with Crippen LogP contribution in [-0.2, 0) is 19.0 Å². The van der Waals surface area contributed by atoms with Gasteiger partial charge in [0.05, 0.1) is 33.0 Å². The van der Waals surface area contributed by atoms with Crippen molar-refractivity contribution in [3.05, 3.63) is 0 Å². The van der Waals surface area contributed by atoms with E-state index >= 15 is 0 Å². The minimum atomic E-state index is 0.0730. The lowest BCUT2D eigenvalue weighted by Crippen LogP contribution is -2.51. The quantitative estimate of drug-likeness (QED) is 0.500. The smallest absolute Gasteiger partial charge is 0.248 e. The molecule has 1 fully saturated rings. The fraction of sp³-hybridized carbons (Fsp3) is 0.938. The number of likely N-dealkylation sites (N-methyl/N-ethyl adjacent to an activating group) is 1. The van der Waals surface area contributed by atoms with Crippen LogP contribution in [0.15, 0.2) is 0 Å². The molecule has 1 amide bonds. The third-order valence-electron chi connectivity index (χ3n) is 3.86. The Balaban J connectivity index is 1.93. The molecule has 0 aliphatic carbocycles. The number of nitrogens with zero attached hydrogens (tertiary/aromatic N) is 2. The van der Waals surface area contributed by atoms with Crippen molar-refractivity contribution < 1.29 is 19.0 Å². The molecule has 0 spiro atoms. The third-order valence-corrected chi connectivity index (χ3v) is 3.86. The van der Waals surface area contributed by atoms with Gasteiger partial charge in [-0.25, -0.2) is 0 Å². The first-order valence-corrected chi connectivity index (χ1v) is 8.54. The van der Waals surface area contributed by atoms with Gasteiger partial charge in [0.15, 0.2) is 0 Å². The molecule has 1 aliphatic rings. The van der Waals surface area contributed by atoms with Gasteiger partial charge in [-0.3, -0.25) is 9.69 Å². The minimum Gasteiger partial charge on any atom is -0.378 e. The van der Waals surface area contributed by atoms with Gasteiger partial charge in [0.1, 0.15) is 6.61 Å². The van der Waals surface area contributed by atoms with Gasteiger partial charge in [-0.05, 0) is 20.9 Å². The second-order valence-electron chi connectivity index (χ2n) is 5.89. The number of hydrogen-bond acceptors (Lipinski definition) is 6. The fourth-order valence-corrected chi connectivity index (χ4v) is 2.35. The summed E-state index contributed by atoms with van der Waals surface area (Å²) in [5, 5.41) is 3.01. The second kappa shape index (κ2) is 12.7. The molecule has 23 heavy (non-hydrogen) atoms. The molecule has 7 nitrogen and oxygen atoms in total. The van der Waals surface area contributed by atoms with Crippen LogP contribution < -0.4 is 5.32 Å². The molecule has 0 atom stereocenters. The highest BCUT2D eigenvalue weighted by Crippen LogP contribution is 2.06. The fourth-order valence-electron chi connectivity index (χ4n) is 2.35. The Bertz CT molecular complexity index is 308. The van der Waals surface area contributed by atoms with Crippen molar-refractivity contribution in [1.29, 1.82) is 0 Å². The van der Waals surface area contributed by atoms with Crippen molar-refractivity contribution >= 4 is 5.91 Å². The molecule has 1 N–H and O–H groups in total. The number of piperazine rings is 1. The van der Waals surface area contributed by atoms with Gasteiger partial charge in [0, 0.05) is 38.8 Å². The van der Waals surface area contributed by atoms with Crippen LogP contribution in [-0.4, -0.2) is 101 Å². The van der Waals surface area contributed by atoms with Crippen molar-refractivity contribution in [3.63, 3.8) is 0 Å². The molecule has 136 valence electrons. The SMILES string of the molecule is CNCCOCCOCCOCC(=O)N1CCN(C(C)C)CC1. The molecule has 0 bridgehead atoms. The largest absolute Gasteiger partial charge is 0.378 e. The van der Waals surface area contributed by atoms with Crippen molar-refractivity contribution in [1.82, 2.24) is 15.1 Å². The highest BCUT2D eigenvalue weighted by atomic mass is 16.5. The highest BCUT2D eigenvalue weighted by Gasteiger charge is 2.22. The van der Waals surface area contributed by atoms with Gasteiger partial charge >= 0.3 is 0 Å². The van der Waals surface area contributed by atoms with Gasteiger partial charge < -0.3 is 24.4 Å². The summed E-state index contributed by atoms with van der Waals surface area (Å²) in [6.45, 7) is 11.6. The lowest BCUT2D eigenvalue weighted by molar-refractivity contribution is -0.138. The number of rotatable bonds is 12. The number of carbonyl (C=O) groups excluding carboxylic acids is 1. The lowest BCUT2D eigenvalue weighted by atomic mass is 10.2. The number of hydrogen-bond donors (Lipinski definition) is 1. The second-order valence-corrected chi connectivity index (χ2v) is 5.89. The average Bonchev–Trinajstić information content (AvgIpc) is 2.56. The van der Waals surface area contributed by atoms with E-state index in [1.54, 1.807) is 0 Å². The van der Waals surface area contributed by atoms with E-state index in [0.29, 0.717) is 39.1 Å². The monoisotopic (exact) mass is 331 g/mol. The molecular weight excluding hydrogens is 298 g/mol. The first-order chi connectivity index (χ1) is 11.1. The Morgan fingerprint density at radius 3 is 2.09 bits per heavy atom. The van der Waals surface area contributed by atoms with E-state index in [1.807, 2.05) is 11.9 Å². The standard InChI is InChI=1S/C16H33N3O4/c1-15(2)18-5-7-19(8-6-18)16(20)14-23-13-12-22-11-10-21-9-4-17-3/h15,17H,4-14H2,1-3H3. The molecule has 1 rings (SSSR count). The summed E-state index contributed by atoms with van der Waals surface area (Å²) in [6, 6.07) is 0.544. The Kier molecular flexibility index (Phi) is 11.2. The summed E-state index contributed by atoms with van der Waals surface area (Å²) in [6.07, 6.45) is 0. The average molecular weight is 331 g/mol. The lowest BCUT2D eigenvalue weighted by Gasteiger charge is -2.36. The van der Waals surface area contributed by atoms with E-state index in [4.69, 9.17) is 14.2 Å². The molecule has 0 saturated carbocycles. The summed E-state index contributed by atoms with van der Waals surface area (Å²) in [5.74, 6) is 0.0730. The summed E-state index contributed by atoms with van der Waals surface area (Å²) < 4.78 is 16.1. The predicted molar refractivity (Wildman–Crippen MR) is 89.7 cm³/mol. The summed E-state index contributed by atoms with van der Waals surface area (Å²) >= 11 is 0. The maximum atomic E-state index is 12.0. The molecule has 1 aliphatic heterocycles. The van der Waals surface area contributed by atoms with Crippen molar-refractivity contribution in [2.75, 3.05) is 79.4 Å². The zero-order valence-electron chi connectivity index (χ0n) is 14.9. The van der Waals surface area contributed by atoms with Crippen molar-refractivity contribution in [2.24, 2.45) is 0 Å². The van der Waals surface area contributed by atoms with Gasteiger partial charge in [-0.2, -0.15) is 0 Å². The molecule has 0 unspecified atom stereocenters. The summed E-state index contributed by atoms with van der Waals surface area (Å²) in [5.41, 5.74) is 0. The van der Waals surface area contributed by atoms with E-state index in [1.165, 1.54) is 0 Å². The zero-order chi connectivity index (χ0) is 16.9. The van der Waals surface area contributed by atoms with E-state index < -0.39 is 0 Å². The van der Waals surface area contributed by atoms with Crippen LogP contribution in [0.25, 0.3) is 0 Å². The van der Waals surface area contributed by atoms with Crippen LogP contribution >= 0.6 is 0 Å². The first kappa shape index (κ1) is 20.3. The number of amides is 1. The molecule has 1 saturated heterocycles. The Morgan fingerprint density at radius 1 is 0.957 bits per heavy atom. The molecule has 0 radical (unpaired) electrons. The Labute approximate surface area is 140 Å². The molecule has 0 aromatic carbocycles. The van der Waals surface area contributed by atoms with Crippen LogP contribution in [0.2, 0.25) is 0 Å². The predicted octanol–water partition coefficient (Wildman–Crippen LogP) is -0.192. The van der Waals surface area contributed by atoms with Gasteiger partial charge in [-0.15, -0.1) is 0 Å². The zero-order valence-corrected chi connectivity index (χ0v) is 14.9. The van der Waals surface area contributed by atoms with Crippen LogP contribution in [0.3, 0.4) is 0 Å². The van der Waals surface area contributed by atoms with Gasteiger partial charge in [0.2, 0.25) is 5.91 Å². The van der Waals surface area contributed by atoms with Gasteiger partial charge in [0.25, 0.3) is 0 Å². The maximum Gasteiger partial charge on any atom is 0.248 e. The minimum absolute atomic E-state index is 0.0730. The van der Waals surface area contributed by atoms with Crippen LogP contribution in [0.1, 0.15) is 13.8 Å². The molecule has 0 aromatic rings. The summed E-state index contributed by atoms with van der Waals surface area (Å²) in [4.78, 5) is 16.3. The number of carbonyl (C=O) groups is 1. The topological polar surface area (TPSA) is 63.3 Å².